The summed E-state index contributed by atoms with van der Waals surface area (Å²) in [4.78, 5) is 37.0. The second-order valence-corrected chi connectivity index (χ2v) is 7.14. The first kappa shape index (κ1) is 23.0. The van der Waals surface area contributed by atoms with E-state index < -0.39 is 35.7 Å². The lowest BCUT2D eigenvalue weighted by molar-refractivity contribution is -0.157. The highest BCUT2D eigenvalue weighted by molar-refractivity contribution is 5.96. The van der Waals surface area contributed by atoms with Crippen LogP contribution in [0.3, 0.4) is 0 Å². The molecule has 1 unspecified atom stereocenters. The molecule has 0 aliphatic carbocycles. The van der Waals surface area contributed by atoms with Crippen molar-refractivity contribution in [2.75, 3.05) is 5.32 Å². The van der Waals surface area contributed by atoms with Gasteiger partial charge in [-0.15, -0.1) is 0 Å². The normalized spacial score (nSPS) is 12.7. The first-order valence-corrected chi connectivity index (χ1v) is 9.47. The van der Waals surface area contributed by atoms with Gasteiger partial charge in [0.15, 0.2) is 6.10 Å². The van der Waals surface area contributed by atoms with Gasteiger partial charge in [0.25, 0.3) is 5.91 Å². The van der Waals surface area contributed by atoms with Crippen molar-refractivity contribution >= 4 is 23.5 Å². The molecule has 160 valence electrons. The van der Waals surface area contributed by atoms with Gasteiger partial charge in [0.2, 0.25) is 5.91 Å². The zero-order valence-electron chi connectivity index (χ0n) is 16.9. The molecule has 0 aromatic heterocycles. The number of halogens is 2. The number of hydrogen-bond donors (Lipinski definition) is 2. The van der Waals surface area contributed by atoms with Gasteiger partial charge in [-0.1, -0.05) is 44.2 Å². The smallest absolute Gasteiger partial charge is 0.329 e. The van der Waals surface area contributed by atoms with E-state index in [1.165, 1.54) is 6.92 Å². The fraction of sp³-hybridized carbons (Fsp3) is 0.318. The molecule has 0 spiro atoms. The Balaban J connectivity index is 1.96. The second kappa shape index (κ2) is 10.5. The van der Waals surface area contributed by atoms with Gasteiger partial charge >= 0.3 is 5.97 Å². The Labute approximate surface area is 173 Å². The van der Waals surface area contributed by atoms with Crippen LogP contribution in [-0.2, 0) is 25.5 Å². The lowest BCUT2D eigenvalue weighted by Crippen LogP contribution is -2.47. The standard InChI is InChI=1S/C22H24F2N2O4/c1-13(2)20(26-19(27)11-15-7-5-4-6-8-15)22(29)30-14(3)21(28)25-18-12-16(23)9-10-17(18)24/h4-10,12-14,20H,11H2,1-3H3,(H,25,28)(H,26,27)/t14?,20-/m0/s1. The molecule has 2 atom stereocenters. The summed E-state index contributed by atoms with van der Waals surface area (Å²) in [6, 6.07) is 10.7. The summed E-state index contributed by atoms with van der Waals surface area (Å²) >= 11 is 0. The van der Waals surface area contributed by atoms with Crippen LogP contribution in [0.15, 0.2) is 48.5 Å². The molecule has 0 saturated carbocycles. The third kappa shape index (κ3) is 6.65. The van der Waals surface area contributed by atoms with E-state index in [1.54, 1.807) is 38.1 Å². The molecule has 6 nitrogen and oxygen atoms in total. The van der Waals surface area contributed by atoms with Gasteiger partial charge in [-0.3, -0.25) is 9.59 Å². The second-order valence-electron chi connectivity index (χ2n) is 7.14. The topological polar surface area (TPSA) is 84.5 Å². The maximum Gasteiger partial charge on any atom is 0.329 e. The minimum absolute atomic E-state index is 0.0895. The summed E-state index contributed by atoms with van der Waals surface area (Å²) in [6.07, 6.45) is -1.20. The number of carbonyl (C=O) groups excluding carboxylic acids is 3. The molecule has 2 aromatic carbocycles. The Hall–Kier alpha value is -3.29. The molecule has 2 N–H and O–H groups in total. The van der Waals surface area contributed by atoms with Crippen molar-refractivity contribution in [1.29, 1.82) is 0 Å². The number of amides is 2. The Morgan fingerprint density at radius 1 is 1.00 bits per heavy atom. The van der Waals surface area contributed by atoms with Crippen LogP contribution in [0.4, 0.5) is 14.5 Å². The van der Waals surface area contributed by atoms with Gasteiger partial charge in [-0.25, -0.2) is 13.6 Å². The largest absolute Gasteiger partial charge is 0.451 e. The SMILES string of the molecule is CC(OC(=O)[C@@H](NC(=O)Cc1ccccc1)C(C)C)C(=O)Nc1cc(F)ccc1F. The fourth-order valence-corrected chi connectivity index (χ4v) is 2.63. The zero-order chi connectivity index (χ0) is 22.3. The molecule has 2 aromatic rings. The van der Waals surface area contributed by atoms with Crippen LogP contribution in [0, 0.1) is 17.6 Å². The molecule has 8 heteroatoms. The van der Waals surface area contributed by atoms with E-state index in [-0.39, 0.29) is 23.9 Å². The molecule has 2 rings (SSSR count). The number of rotatable bonds is 8. The monoisotopic (exact) mass is 418 g/mol. The van der Waals surface area contributed by atoms with E-state index in [0.29, 0.717) is 0 Å². The summed E-state index contributed by atoms with van der Waals surface area (Å²) in [6.45, 7) is 4.75. The predicted molar refractivity (Wildman–Crippen MR) is 107 cm³/mol. The van der Waals surface area contributed by atoms with Gasteiger partial charge in [0, 0.05) is 6.07 Å². The van der Waals surface area contributed by atoms with Crippen LogP contribution in [0.25, 0.3) is 0 Å². The average molecular weight is 418 g/mol. The number of ether oxygens (including phenoxy) is 1. The van der Waals surface area contributed by atoms with E-state index in [1.807, 2.05) is 6.07 Å². The summed E-state index contributed by atoms with van der Waals surface area (Å²) in [5.74, 6) is -3.84. The Bertz CT molecular complexity index is 903. The lowest BCUT2D eigenvalue weighted by atomic mass is 10.0. The first-order valence-electron chi connectivity index (χ1n) is 9.47. The summed E-state index contributed by atoms with van der Waals surface area (Å²) in [7, 11) is 0. The average Bonchev–Trinajstić information content (AvgIpc) is 2.69. The number of esters is 1. The van der Waals surface area contributed by atoms with Crippen molar-refractivity contribution < 1.29 is 27.9 Å². The van der Waals surface area contributed by atoms with Crippen LogP contribution >= 0.6 is 0 Å². The number of hydrogen-bond acceptors (Lipinski definition) is 4. The van der Waals surface area contributed by atoms with Gasteiger partial charge < -0.3 is 15.4 Å². The van der Waals surface area contributed by atoms with Gasteiger partial charge in [0.1, 0.15) is 17.7 Å². The summed E-state index contributed by atoms with van der Waals surface area (Å²) in [5.41, 5.74) is 0.426. The van der Waals surface area contributed by atoms with E-state index >= 15 is 0 Å². The number of nitrogens with one attached hydrogen (secondary N) is 2. The first-order chi connectivity index (χ1) is 14.2. The van der Waals surface area contributed by atoms with Crippen molar-refractivity contribution in [3.05, 3.63) is 65.7 Å². The number of anilines is 1. The Morgan fingerprint density at radius 3 is 2.30 bits per heavy atom. The Morgan fingerprint density at radius 2 is 1.67 bits per heavy atom. The van der Waals surface area contributed by atoms with Crippen molar-refractivity contribution in [3.63, 3.8) is 0 Å². The molecule has 30 heavy (non-hydrogen) atoms. The molecule has 0 aliphatic heterocycles. The van der Waals surface area contributed by atoms with E-state index in [2.05, 4.69) is 10.6 Å². The molecule has 0 saturated heterocycles. The molecule has 0 aliphatic rings. The van der Waals surface area contributed by atoms with E-state index in [9.17, 15) is 23.2 Å². The summed E-state index contributed by atoms with van der Waals surface area (Å²) in [5, 5.41) is 4.80. The van der Waals surface area contributed by atoms with Crippen molar-refractivity contribution in [2.24, 2.45) is 5.92 Å². The van der Waals surface area contributed by atoms with Gasteiger partial charge in [-0.05, 0) is 30.5 Å². The molecular weight excluding hydrogens is 394 g/mol. The van der Waals surface area contributed by atoms with E-state index in [0.717, 1.165) is 23.8 Å². The number of benzene rings is 2. The fourth-order valence-electron chi connectivity index (χ4n) is 2.63. The third-order valence-corrected chi connectivity index (χ3v) is 4.29. The van der Waals surface area contributed by atoms with Crippen molar-refractivity contribution in [1.82, 2.24) is 5.32 Å². The maximum atomic E-state index is 13.7. The molecular formula is C22H24F2N2O4. The zero-order valence-corrected chi connectivity index (χ0v) is 16.9. The highest BCUT2D eigenvalue weighted by atomic mass is 19.1. The van der Waals surface area contributed by atoms with Crippen LogP contribution in [0.2, 0.25) is 0 Å². The van der Waals surface area contributed by atoms with Crippen molar-refractivity contribution in [3.8, 4) is 0 Å². The number of carbonyl (C=O) groups is 3. The minimum atomic E-state index is -1.28. The Kier molecular flexibility index (Phi) is 8.03. The quantitative estimate of drug-likeness (QED) is 0.645. The van der Waals surface area contributed by atoms with Crippen LogP contribution in [-0.4, -0.2) is 29.9 Å². The van der Waals surface area contributed by atoms with Crippen molar-refractivity contribution in [2.45, 2.75) is 39.3 Å². The third-order valence-electron chi connectivity index (χ3n) is 4.29. The van der Waals surface area contributed by atoms with Gasteiger partial charge in [-0.2, -0.15) is 0 Å². The minimum Gasteiger partial charge on any atom is -0.451 e. The van der Waals surface area contributed by atoms with Crippen LogP contribution < -0.4 is 10.6 Å². The molecule has 2 amide bonds. The molecule has 0 bridgehead atoms. The maximum absolute atomic E-state index is 13.7. The highest BCUT2D eigenvalue weighted by Crippen LogP contribution is 2.16. The lowest BCUT2D eigenvalue weighted by Gasteiger charge is -2.23. The molecule has 0 heterocycles. The predicted octanol–water partition coefficient (Wildman–Crippen LogP) is 3.22. The van der Waals surface area contributed by atoms with Gasteiger partial charge in [0.05, 0.1) is 12.1 Å². The van der Waals surface area contributed by atoms with Crippen LogP contribution in [0.5, 0.6) is 0 Å². The molecule has 0 radical (unpaired) electrons. The highest BCUT2D eigenvalue weighted by Gasteiger charge is 2.29. The van der Waals surface area contributed by atoms with E-state index in [4.69, 9.17) is 4.74 Å². The van der Waals surface area contributed by atoms with Crippen LogP contribution in [0.1, 0.15) is 26.3 Å². The molecule has 0 fully saturated rings. The summed E-state index contributed by atoms with van der Waals surface area (Å²) < 4.78 is 32.1.